The van der Waals surface area contributed by atoms with Gasteiger partial charge in [-0.15, -0.1) is 11.8 Å². The van der Waals surface area contributed by atoms with E-state index in [4.69, 9.17) is 5.26 Å². The zero-order valence-electron chi connectivity index (χ0n) is 18.7. The summed E-state index contributed by atoms with van der Waals surface area (Å²) in [5.41, 5.74) is 7.38. The molecule has 0 bridgehead atoms. The molecule has 8 nitrogen and oxygen atoms in total. The fourth-order valence-electron chi connectivity index (χ4n) is 3.43. The van der Waals surface area contributed by atoms with Crippen molar-refractivity contribution in [3.8, 4) is 6.07 Å². The quantitative estimate of drug-likeness (QED) is 0.229. The molecule has 1 aromatic carbocycles. The average Bonchev–Trinajstić information content (AvgIpc) is 3.67. The lowest BCUT2D eigenvalue weighted by Crippen LogP contribution is -2.24. The van der Waals surface area contributed by atoms with Gasteiger partial charge in [-0.2, -0.15) is 5.26 Å². The summed E-state index contributed by atoms with van der Waals surface area (Å²) in [6.45, 7) is 1.94. The van der Waals surface area contributed by atoms with Gasteiger partial charge in [0.15, 0.2) is 5.82 Å². The summed E-state index contributed by atoms with van der Waals surface area (Å²) in [5, 5.41) is 17.1. The Balaban J connectivity index is 1.70. The standard InChI is InChI=1S/C24H25N7OS/c1-15-20(27-19-10-9-17(16-7-8-16)11-21(19)33-3)12-23(29-24(15)30-31(2)14-32)28-22-6-4-5-18(13-25)26-22/h4-6,9-12,14,16H,7-8H2,1-3H3,(H3,26,27,28,29,30). The van der Waals surface area contributed by atoms with Gasteiger partial charge in [0, 0.05) is 29.3 Å². The van der Waals surface area contributed by atoms with Crippen molar-refractivity contribution in [2.75, 3.05) is 29.4 Å². The highest BCUT2D eigenvalue weighted by Crippen LogP contribution is 2.43. The van der Waals surface area contributed by atoms with Crippen LogP contribution in [0.25, 0.3) is 0 Å². The fraction of sp³-hybridized carbons (Fsp3) is 0.250. The highest BCUT2D eigenvalue weighted by Gasteiger charge is 2.24. The molecule has 2 aromatic heterocycles. The van der Waals surface area contributed by atoms with E-state index in [1.165, 1.54) is 28.3 Å². The number of nitrogens with zero attached hydrogens (tertiary/aromatic N) is 4. The van der Waals surface area contributed by atoms with Gasteiger partial charge in [0.05, 0.1) is 5.69 Å². The van der Waals surface area contributed by atoms with Crippen LogP contribution < -0.4 is 16.1 Å². The molecule has 168 valence electrons. The molecular formula is C24H25N7OS. The Morgan fingerprint density at radius 1 is 1.12 bits per heavy atom. The van der Waals surface area contributed by atoms with Crippen molar-refractivity contribution in [2.45, 2.75) is 30.6 Å². The van der Waals surface area contributed by atoms with Crippen molar-refractivity contribution in [3.05, 3.63) is 59.3 Å². The maximum absolute atomic E-state index is 11.2. The van der Waals surface area contributed by atoms with E-state index in [1.807, 2.05) is 19.1 Å². The molecule has 0 unspecified atom stereocenters. The summed E-state index contributed by atoms with van der Waals surface area (Å²) < 4.78 is 0. The molecule has 4 rings (SSSR count). The Morgan fingerprint density at radius 2 is 1.94 bits per heavy atom. The van der Waals surface area contributed by atoms with Crippen molar-refractivity contribution >= 4 is 47.0 Å². The van der Waals surface area contributed by atoms with Crippen LogP contribution in [0.2, 0.25) is 0 Å². The van der Waals surface area contributed by atoms with Crippen LogP contribution in [0.4, 0.5) is 28.8 Å². The van der Waals surface area contributed by atoms with Gasteiger partial charge in [-0.25, -0.2) is 9.97 Å². The van der Waals surface area contributed by atoms with Crippen LogP contribution in [0.1, 0.15) is 35.6 Å². The van der Waals surface area contributed by atoms with E-state index in [-0.39, 0.29) is 0 Å². The minimum absolute atomic E-state index is 0.310. The first-order valence-corrected chi connectivity index (χ1v) is 11.8. The van der Waals surface area contributed by atoms with Crippen LogP contribution in [0.5, 0.6) is 0 Å². The molecule has 3 aromatic rings. The number of benzene rings is 1. The number of rotatable bonds is 9. The monoisotopic (exact) mass is 459 g/mol. The van der Waals surface area contributed by atoms with Crippen molar-refractivity contribution < 1.29 is 4.79 Å². The maximum atomic E-state index is 11.2. The van der Waals surface area contributed by atoms with Crippen LogP contribution >= 0.6 is 11.8 Å². The number of aromatic nitrogens is 2. The van der Waals surface area contributed by atoms with E-state index in [1.54, 1.807) is 37.0 Å². The first kappa shape index (κ1) is 22.4. The molecule has 33 heavy (non-hydrogen) atoms. The fourth-order valence-corrected chi connectivity index (χ4v) is 4.02. The molecule has 1 aliphatic rings. The lowest BCUT2D eigenvalue weighted by atomic mass is 10.1. The predicted molar refractivity (Wildman–Crippen MR) is 132 cm³/mol. The number of thioether (sulfide) groups is 1. The Morgan fingerprint density at radius 3 is 2.64 bits per heavy atom. The third-order valence-electron chi connectivity index (χ3n) is 5.38. The number of hydrazine groups is 1. The first-order valence-electron chi connectivity index (χ1n) is 10.6. The minimum Gasteiger partial charge on any atom is -0.354 e. The van der Waals surface area contributed by atoms with Crippen LogP contribution in [0.3, 0.4) is 0 Å². The maximum Gasteiger partial charge on any atom is 0.227 e. The van der Waals surface area contributed by atoms with E-state index in [2.05, 4.69) is 50.5 Å². The first-order chi connectivity index (χ1) is 16.0. The highest BCUT2D eigenvalue weighted by molar-refractivity contribution is 7.98. The summed E-state index contributed by atoms with van der Waals surface area (Å²) in [7, 11) is 1.61. The van der Waals surface area contributed by atoms with Gasteiger partial charge in [-0.3, -0.25) is 15.2 Å². The van der Waals surface area contributed by atoms with Crippen LogP contribution in [0, 0.1) is 18.3 Å². The molecule has 1 saturated carbocycles. The molecular weight excluding hydrogens is 434 g/mol. The zero-order chi connectivity index (χ0) is 23.4. The van der Waals surface area contributed by atoms with E-state index in [0.717, 1.165) is 16.9 Å². The van der Waals surface area contributed by atoms with Gasteiger partial charge in [-0.05, 0) is 61.8 Å². The molecule has 2 heterocycles. The molecule has 1 amide bonds. The van der Waals surface area contributed by atoms with E-state index < -0.39 is 0 Å². The van der Waals surface area contributed by atoms with Crippen LogP contribution in [-0.2, 0) is 4.79 Å². The molecule has 0 atom stereocenters. The number of hydrogen-bond donors (Lipinski definition) is 3. The smallest absolute Gasteiger partial charge is 0.227 e. The van der Waals surface area contributed by atoms with Gasteiger partial charge in [-0.1, -0.05) is 12.1 Å². The van der Waals surface area contributed by atoms with Gasteiger partial charge in [0.2, 0.25) is 6.41 Å². The molecule has 3 N–H and O–H groups in total. The van der Waals surface area contributed by atoms with E-state index >= 15 is 0 Å². The highest BCUT2D eigenvalue weighted by atomic mass is 32.2. The molecule has 0 aliphatic heterocycles. The van der Waals surface area contributed by atoms with Gasteiger partial charge < -0.3 is 10.6 Å². The van der Waals surface area contributed by atoms with Gasteiger partial charge >= 0.3 is 0 Å². The second-order valence-electron chi connectivity index (χ2n) is 7.86. The Hall–Kier alpha value is -3.77. The molecule has 1 aliphatic carbocycles. The Labute approximate surface area is 197 Å². The van der Waals surface area contributed by atoms with Crippen molar-refractivity contribution in [1.29, 1.82) is 5.26 Å². The number of nitriles is 1. The third kappa shape index (κ3) is 5.35. The summed E-state index contributed by atoms with van der Waals surface area (Å²) >= 11 is 1.70. The molecule has 0 saturated heterocycles. The van der Waals surface area contributed by atoms with E-state index in [0.29, 0.717) is 35.5 Å². The Kier molecular flexibility index (Phi) is 6.66. The summed E-state index contributed by atoms with van der Waals surface area (Å²) in [6, 6.07) is 15.7. The van der Waals surface area contributed by atoms with Crippen molar-refractivity contribution in [1.82, 2.24) is 15.0 Å². The normalized spacial score (nSPS) is 12.5. The number of hydrogen-bond acceptors (Lipinski definition) is 8. The van der Waals surface area contributed by atoms with Crippen LogP contribution in [-0.4, -0.2) is 34.7 Å². The molecule has 1 fully saturated rings. The summed E-state index contributed by atoms with van der Waals surface area (Å²) in [6.07, 6.45) is 5.27. The topological polar surface area (TPSA) is 106 Å². The number of pyridine rings is 2. The largest absolute Gasteiger partial charge is 0.354 e. The number of carbonyl (C=O) groups excluding carboxylic acids is 1. The Bertz CT molecular complexity index is 1220. The second kappa shape index (κ2) is 9.79. The summed E-state index contributed by atoms with van der Waals surface area (Å²) in [5.74, 6) is 2.24. The second-order valence-corrected chi connectivity index (χ2v) is 8.71. The number of anilines is 5. The van der Waals surface area contributed by atoms with Gasteiger partial charge in [0.25, 0.3) is 0 Å². The van der Waals surface area contributed by atoms with Crippen LogP contribution in [0.15, 0.2) is 47.4 Å². The lowest BCUT2D eigenvalue weighted by Gasteiger charge is -2.20. The molecule has 9 heteroatoms. The van der Waals surface area contributed by atoms with Crippen molar-refractivity contribution in [3.63, 3.8) is 0 Å². The minimum atomic E-state index is 0.310. The average molecular weight is 460 g/mol. The number of amides is 1. The van der Waals surface area contributed by atoms with E-state index in [9.17, 15) is 4.79 Å². The summed E-state index contributed by atoms with van der Waals surface area (Å²) in [4.78, 5) is 21.2. The van der Waals surface area contributed by atoms with Crippen molar-refractivity contribution in [2.24, 2.45) is 0 Å². The third-order valence-corrected chi connectivity index (χ3v) is 6.15. The number of carbonyl (C=O) groups is 1. The molecule has 0 radical (unpaired) electrons. The number of nitrogens with one attached hydrogen (secondary N) is 3. The zero-order valence-corrected chi connectivity index (χ0v) is 19.5. The van der Waals surface area contributed by atoms with Gasteiger partial charge in [0.1, 0.15) is 23.4 Å². The molecule has 0 spiro atoms. The predicted octanol–water partition coefficient (Wildman–Crippen LogP) is 5.16. The SMILES string of the molecule is CSc1cc(C2CC2)ccc1Nc1cc(Nc2cccc(C#N)n2)nc(NN(C)C=O)c1C. The lowest BCUT2D eigenvalue weighted by molar-refractivity contribution is -0.115.